The molecule has 3 aromatic rings. The highest BCUT2D eigenvalue weighted by Crippen LogP contribution is 2.48. The summed E-state index contributed by atoms with van der Waals surface area (Å²) in [6.07, 6.45) is 2.68. The number of rotatable bonds is 7. The number of hydrogen-bond donors (Lipinski definition) is 2. The van der Waals surface area contributed by atoms with Gasteiger partial charge in [0.05, 0.1) is 30.4 Å². The molecule has 1 unspecified atom stereocenters. The quantitative estimate of drug-likeness (QED) is 0.262. The van der Waals surface area contributed by atoms with E-state index >= 15 is 8.78 Å². The maximum Gasteiger partial charge on any atom is 0.410 e. The van der Waals surface area contributed by atoms with Crippen molar-refractivity contribution in [1.29, 1.82) is 5.41 Å². The van der Waals surface area contributed by atoms with Gasteiger partial charge in [-0.15, -0.1) is 0 Å². The second kappa shape index (κ2) is 12.7. The molecule has 244 valence electrons. The molecule has 0 radical (unpaired) electrons. The van der Waals surface area contributed by atoms with Gasteiger partial charge in [0.15, 0.2) is 23.1 Å². The van der Waals surface area contributed by atoms with Crippen molar-refractivity contribution >= 4 is 29.4 Å². The number of carbonyl (C=O) groups excluding carboxylic acids is 1. The average Bonchev–Trinajstić information content (AvgIpc) is 2.99. The second-order valence-electron chi connectivity index (χ2n) is 12.6. The van der Waals surface area contributed by atoms with Crippen LogP contribution in [0, 0.1) is 22.9 Å². The Labute approximate surface area is 265 Å². The summed E-state index contributed by atoms with van der Waals surface area (Å²) in [5.41, 5.74) is 1.77. The van der Waals surface area contributed by atoms with Crippen LogP contribution in [0.25, 0.3) is 0 Å². The molecule has 0 bridgehead atoms. The van der Waals surface area contributed by atoms with Crippen LogP contribution >= 0.6 is 0 Å². The Kier molecular flexibility index (Phi) is 8.73. The first kappa shape index (κ1) is 31.5. The van der Waals surface area contributed by atoms with Gasteiger partial charge in [0.25, 0.3) is 0 Å². The van der Waals surface area contributed by atoms with Gasteiger partial charge in [-0.25, -0.2) is 18.0 Å². The van der Waals surface area contributed by atoms with Crippen LogP contribution in [0.2, 0.25) is 0 Å². The predicted octanol–water partition coefficient (Wildman–Crippen LogP) is 7.31. The molecule has 12 heteroatoms. The molecule has 3 heterocycles. The summed E-state index contributed by atoms with van der Waals surface area (Å²) in [4.78, 5) is 15.4. The third-order valence-electron chi connectivity index (χ3n) is 8.07. The smallest absolute Gasteiger partial charge is 0.410 e. The summed E-state index contributed by atoms with van der Waals surface area (Å²) < 4.78 is 68.2. The van der Waals surface area contributed by atoms with Crippen LogP contribution in [0.1, 0.15) is 57.2 Å². The minimum absolute atomic E-state index is 0.0624. The zero-order valence-electron chi connectivity index (χ0n) is 25.9. The molecule has 0 aromatic heterocycles. The number of hydrogen-bond acceptors (Lipinski definition) is 8. The fourth-order valence-electron chi connectivity index (χ4n) is 5.83. The lowest BCUT2D eigenvalue weighted by Gasteiger charge is -2.40. The summed E-state index contributed by atoms with van der Waals surface area (Å²) >= 11 is 0. The van der Waals surface area contributed by atoms with Crippen molar-refractivity contribution in [3.8, 4) is 11.5 Å². The van der Waals surface area contributed by atoms with E-state index in [2.05, 4.69) is 5.32 Å². The summed E-state index contributed by atoms with van der Waals surface area (Å²) in [5, 5.41) is 11.6. The molecule has 6 rings (SSSR count). The first-order valence-electron chi connectivity index (χ1n) is 15.4. The van der Waals surface area contributed by atoms with Crippen LogP contribution < -0.4 is 19.7 Å². The van der Waals surface area contributed by atoms with Gasteiger partial charge in [-0.2, -0.15) is 0 Å². The Morgan fingerprint density at radius 1 is 1.04 bits per heavy atom. The summed E-state index contributed by atoms with van der Waals surface area (Å²) in [6, 6.07) is 11.2. The normalized spacial score (nSPS) is 19.9. The molecular weight excluding hydrogens is 601 g/mol. The molecule has 9 nitrogen and oxygen atoms in total. The van der Waals surface area contributed by atoms with Crippen LogP contribution in [-0.4, -0.2) is 61.4 Å². The maximum atomic E-state index is 15.7. The summed E-state index contributed by atoms with van der Waals surface area (Å²) in [6.45, 7) is 6.24. The highest BCUT2D eigenvalue weighted by atomic mass is 19.1. The van der Waals surface area contributed by atoms with Crippen molar-refractivity contribution in [2.45, 2.75) is 64.0 Å². The van der Waals surface area contributed by atoms with E-state index in [1.807, 2.05) is 0 Å². The van der Waals surface area contributed by atoms with Crippen LogP contribution in [0.5, 0.6) is 11.5 Å². The third kappa shape index (κ3) is 6.57. The first-order valence-corrected chi connectivity index (χ1v) is 15.4. The van der Waals surface area contributed by atoms with E-state index in [0.29, 0.717) is 34.9 Å². The van der Waals surface area contributed by atoms with Gasteiger partial charge >= 0.3 is 6.09 Å². The van der Waals surface area contributed by atoms with Gasteiger partial charge in [-0.1, -0.05) is 12.1 Å². The lowest BCUT2D eigenvalue weighted by molar-refractivity contribution is -0.0238. The Balaban J connectivity index is 1.30. The maximum absolute atomic E-state index is 15.7. The van der Waals surface area contributed by atoms with E-state index in [-0.39, 0.29) is 31.6 Å². The van der Waals surface area contributed by atoms with E-state index in [1.54, 1.807) is 49.9 Å². The van der Waals surface area contributed by atoms with E-state index in [4.69, 9.17) is 24.4 Å². The lowest BCUT2D eigenvalue weighted by atomic mass is 9.99. The van der Waals surface area contributed by atoms with Gasteiger partial charge in [-0.3, -0.25) is 0 Å². The molecular formula is C34H37F3N4O5. The number of ether oxygens (including phenoxy) is 4. The fourth-order valence-corrected chi connectivity index (χ4v) is 5.83. The van der Waals surface area contributed by atoms with Gasteiger partial charge in [0.1, 0.15) is 30.4 Å². The number of benzene rings is 3. The summed E-state index contributed by atoms with van der Waals surface area (Å²) in [7, 11) is 0. The van der Waals surface area contributed by atoms with Gasteiger partial charge < -0.3 is 39.5 Å². The topological polar surface area (TPSA) is 96.4 Å². The number of nitrogens with zero attached hydrogens (tertiary/aromatic N) is 2. The van der Waals surface area contributed by atoms with E-state index in [9.17, 15) is 9.18 Å². The predicted molar refractivity (Wildman–Crippen MR) is 167 cm³/mol. The molecule has 3 aliphatic rings. The van der Waals surface area contributed by atoms with Crippen molar-refractivity contribution in [3.63, 3.8) is 0 Å². The minimum atomic E-state index is -0.920. The van der Waals surface area contributed by atoms with E-state index in [0.717, 1.165) is 19.3 Å². The highest BCUT2D eigenvalue weighted by molar-refractivity contribution is 5.94. The Morgan fingerprint density at radius 3 is 2.39 bits per heavy atom. The van der Waals surface area contributed by atoms with Crippen LogP contribution in [0.3, 0.4) is 0 Å². The van der Waals surface area contributed by atoms with Crippen molar-refractivity contribution in [2.75, 3.05) is 36.5 Å². The Hall–Kier alpha value is -4.45. The molecule has 2 atom stereocenters. The first-order chi connectivity index (χ1) is 22.0. The Bertz CT molecular complexity index is 1580. The zero-order chi connectivity index (χ0) is 32.6. The van der Waals surface area contributed by atoms with Crippen LogP contribution in [0.4, 0.5) is 35.0 Å². The SMILES string of the molecule is CC(C)(C)OC(=O)N1CC(Oc2c(F)cc(N3c4ccc(NC5CCCCO5)c(C=N)c4OC[C@H]3c3ccc(F)cc3)cc2F)C1. The van der Waals surface area contributed by atoms with Gasteiger partial charge in [0.2, 0.25) is 0 Å². The molecule has 2 saturated heterocycles. The molecule has 0 aliphatic carbocycles. The third-order valence-corrected chi connectivity index (χ3v) is 8.07. The molecule has 2 fully saturated rings. The lowest BCUT2D eigenvalue weighted by Crippen LogP contribution is -2.57. The monoisotopic (exact) mass is 638 g/mol. The number of likely N-dealkylation sites (tertiary alicyclic amines) is 1. The standard InChI is InChI=1S/C34H37F3N4O5/c1-34(2,3)46-33(42)40-17-23(18-40)45-32-25(36)14-22(15-26(32)37)41-28-12-11-27(39-30-6-4-5-13-43-30)24(16-38)31(28)44-19-29(41)20-7-9-21(35)10-8-20/h7-12,14-16,23,29-30,38-39H,4-6,13,17-19H2,1-3H3/t29-,30?/m0/s1. The van der Waals surface area contributed by atoms with Gasteiger partial charge in [0, 0.05) is 36.3 Å². The van der Waals surface area contributed by atoms with Crippen molar-refractivity contribution in [2.24, 2.45) is 0 Å². The molecule has 3 aromatic carbocycles. The number of anilines is 3. The molecule has 1 amide bonds. The van der Waals surface area contributed by atoms with Crippen LogP contribution in [0.15, 0.2) is 48.5 Å². The van der Waals surface area contributed by atoms with Crippen molar-refractivity contribution in [1.82, 2.24) is 4.90 Å². The zero-order valence-corrected chi connectivity index (χ0v) is 25.9. The number of amides is 1. The largest absolute Gasteiger partial charge is 0.488 e. The van der Waals surface area contributed by atoms with Crippen molar-refractivity contribution < 1.29 is 36.9 Å². The van der Waals surface area contributed by atoms with Crippen LogP contribution in [-0.2, 0) is 9.47 Å². The second-order valence-corrected chi connectivity index (χ2v) is 12.6. The number of halogens is 3. The number of nitrogens with one attached hydrogen (secondary N) is 2. The minimum Gasteiger partial charge on any atom is -0.488 e. The number of carbonyl (C=O) groups is 1. The molecule has 2 N–H and O–H groups in total. The average molecular weight is 639 g/mol. The van der Waals surface area contributed by atoms with E-state index in [1.165, 1.54) is 35.4 Å². The molecule has 46 heavy (non-hydrogen) atoms. The number of fused-ring (bicyclic) bond motifs is 1. The van der Waals surface area contributed by atoms with Crippen molar-refractivity contribution in [3.05, 3.63) is 77.1 Å². The van der Waals surface area contributed by atoms with Gasteiger partial charge in [-0.05, 0) is 69.9 Å². The molecule has 0 saturated carbocycles. The Morgan fingerprint density at radius 2 is 1.76 bits per heavy atom. The summed E-state index contributed by atoms with van der Waals surface area (Å²) in [5.74, 6) is -2.43. The van der Waals surface area contributed by atoms with E-state index < -0.39 is 47.0 Å². The molecule has 0 spiro atoms. The fraction of sp³-hybridized carbons (Fsp3) is 0.412. The highest BCUT2D eigenvalue weighted by Gasteiger charge is 2.37. The molecule has 3 aliphatic heterocycles.